The van der Waals surface area contributed by atoms with Crippen molar-refractivity contribution >= 4 is 0 Å². The molecule has 0 rings (SSSR count). The van der Waals surface area contributed by atoms with Gasteiger partial charge in [-0.3, -0.25) is 0 Å². The minimum atomic E-state index is 0.809. The highest BCUT2D eigenvalue weighted by Crippen LogP contribution is 1.96. The van der Waals surface area contributed by atoms with Gasteiger partial charge in [-0.2, -0.15) is 5.06 Å². The highest BCUT2D eigenvalue weighted by Gasteiger charge is 1.95. The van der Waals surface area contributed by atoms with E-state index in [1.165, 1.54) is 17.9 Å². The Morgan fingerprint density at radius 1 is 1.00 bits per heavy atom. The molecule has 2 heteroatoms. The first kappa shape index (κ1) is 9.92. The molecule has 0 amide bonds. The summed E-state index contributed by atoms with van der Waals surface area (Å²) in [7, 11) is 0. The van der Waals surface area contributed by atoms with E-state index < -0.39 is 0 Å². The highest BCUT2D eigenvalue weighted by atomic mass is 16.5. The van der Waals surface area contributed by atoms with Gasteiger partial charge in [-0.1, -0.05) is 26.7 Å². The van der Waals surface area contributed by atoms with Crippen LogP contribution in [0.3, 0.4) is 0 Å². The summed E-state index contributed by atoms with van der Waals surface area (Å²) in [5.41, 5.74) is 0. The fourth-order valence-electron chi connectivity index (χ4n) is 0.914. The van der Waals surface area contributed by atoms with Gasteiger partial charge in [0.1, 0.15) is 0 Å². The second-order valence-electron chi connectivity index (χ2n) is 2.66. The van der Waals surface area contributed by atoms with Crippen molar-refractivity contribution in [3.8, 4) is 0 Å². The number of hydroxylamine groups is 2. The number of unbranched alkanes of at least 4 members (excludes halogenated alkanes) is 2. The number of hydrogen-bond acceptors (Lipinski definition) is 2. The minimum absolute atomic E-state index is 0.809. The van der Waals surface area contributed by atoms with Gasteiger partial charge in [0.15, 0.2) is 0 Å². The predicted octanol–water partition coefficient (Wildman–Crippen LogP) is 2.28. The molecular weight excluding hydrogens is 126 g/mol. The summed E-state index contributed by atoms with van der Waals surface area (Å²) in [6.45, 7) is 5.88. The van der Waals surface area contributed by atoms with E-state index in [9.17, 15) is 0 Å². The zero-order valence-corrected chi connectivity index (χ0v) is 7.14. The van der Waals surface area contributed by atoms with Crippen LogP contribution in [0.5, 0.6) is 0 Å². The number of rotatable bonds is 6. The van der Waals surface area contributed by atoms with Gasteiger partial charge in [0, 0.05) is 13.1 Å². The van der Waals surface area contributed by atoms with Crippen LogP contribution in [0.15, 0.2) is 0 Å². The van der Waals surface area contributed by atoms with Gasteiger partial charge in [0.05, 0.1) is 0 Å². The molecule has 0 heterocycles. The quantitative estimate of drug-likeness (QED) is 0.458. The summed E-state index contributed by atoms with van der Waals surface area (Å²) in [6.07, 6.45) is 4.59. The van der Waals surface area contributed by atoms with Crippen LogP contribution < -0.4 is 0 Å². The second-order valence-corrected chi connectivity index (χ2v) is 2.66. The lowest BCUT2D eigenvalue weighted by Gasteiger charge is -2.12. The van der Waals surface area contributed by atoms with Crippen molar-refractivity contribution in [2.45, 2.75) is 39.5 Å². The molecule has 0 fully saturated rings. The second kappa shape index (κ2) is 7.03. The van der Waals surface area contributed by atoms with Gasteiger partial charge >= 0.3 is 0 Å². The molecule has 62 valence electrons. The Morgan fingerprint density at radius 3 is 2.20 bits per heavy atom. The summed E-state index contributed by atoms with van der Waals surface area (Å²) in [6, 6.07) is 0. The van der Waals surface area contributed by atoms with Crippen LogP contribution in [0.25, 0.3) is 0 Å². The molecule has 0 aromatic rings. The molecule has 0 bridgehead atoms. The predicted molar refractivity (Wildman–Crippen MR) is 43.2 cm³/mol. The van der Waals surface area contributed by atoms with Crippen molar-refractivity contribution in [2.75, 3.05) is 13.1 Å². The van der Waals surface area contributed by atoms with Crippen molar-refractivity contribution < 1.29 is 5.21 Å². The van der Waals surface area contributed by atoms with Crippen LogP contribution in [-0.2, 0) is 0 Å². The van der Waals surface area contributed by atoms with Crippen molar-refractivity contribution in [2.24, 2.45) is 0 Å². The van der Waals surface area contributed by atoms with Crippen LogP contribution in [-0.4, -0.2) is 23.4 Å². The smallest absolute Gasteiger partial charge is 0.0238 e. The summed E-state index contributed by atoms with van der Waals surface area (Å²) < 4.78 is 0. The molecular formula is C8H19NO. The normalized spacial score (nSPS) is 10.8. The van der Waals surface area contributed by atoms with Crippen LogP contribution in [0.1, 0.15) is 39.5 Å². The molecule has 10 heavy (non-hydrogen) atoms. The monoisotopic (exact) mass is 145 g/mol. The Morgan fingerprint density at radius 2 is 1.70 bits per heavy atom. The van der Waals surface area contributed by atoms with Crippen LogP contribution >= 0.6 is 0 Å². The summed E-state index contributed by atoms with van der Waals surface area (Å²) >= 11 is 0. The fraction of sp³-hybridized carbons (Fsp3) is 1.00. The van der Waals surface area contributed by atoms with Crippen molar-refractivity contribution in [1.82, 2.24) is 5.06 Å². The molecule has 0 aliphatic rings. The van der Waals surface area contributed by atoms with Crippen LogP contribution in [0.2, 0.25) is 0 Å². The van der Waals surface area contributed by atoms with E-state index in [2.05, 4.69) is 13.8 Å². The average Bonchev–Trinajstić information content (AvgIpc) is 1.89. The first-order valence-electron chi connectivity index (χ1n) is 4.25. The van der Waals surface area contributed by atoms with Gasteiger partial charge in [-0.05, 0) is 12.8 Å². The van der Waals surface area contributed by atoms with E-state index in [-0.39, 0.29) is 0 Å². The standard InChI is InChI=1S/C8H19NO/c1-3-5-6-8-9(10)7-4-2/h10H,3-8H2,1-2H3. The summed E-state index contributed by atoms with van der Waals surface area (Å²) in [4.78, 5) is 0. The van der Waals surface area contributed by atoms with E-state index >= 15 is 0 Å². The lowest BCUT2D eigenvalue weighted by atomic mass is 10.2. The molecule has 0 saturated heterocycles. The first-order chi connectivity index (χ1) is 4.81. The third kappa shape index (κ3) is 6.05. The average molecular weight is 145 g/mol. The molecule has 0 unspecified atom stereocenters. The number of hydrogen-bond donors (Lipinski definition) is 1. The van der Waals surface area contributed by atoms with Crippen LogP contribution in [0, 0.1) is 0 Å². The van der Waals surface area contributed by atoms with Gasteiger partial charge in [0.2, 0.25) is 0 Å². The summed E-state index contributed by atoms with van der Waals surface area (Å²) in [5, 5.41) is 10.5. The van der Waals surface area contributed by atoms with Gasteiger partial charge < -0.3 is 5.21 Å². The molecule has 0 spiro atoms. The van der Waals surface area contributed by atoms with E-state index in [4.69, 9.17) is 5.21 Å². The first-order valence-corrected chi connectivity index (χ1v) is 4.25. The SMILES string of the molecule is CCCCCN(O)CCC. The van der Waals surface area contributed by atoms with E-state index in [0.717, 1.165) is 25.9 Å². The molecule has 1 N–H and O–H groups in total. The van der Waals surface area contributed by atoms with E-state index in [1.807, 2.05) is 0 Å². The molecule has 0 aromatic heterocycles. The Kier molecular flexibility index (Phi) is 6.98. The van der Waals surface area contributed by atoms with Crippen LogP contribution in [0.4, 0.5) is 0 Å². The van der Waals surface area contributed by atoms with E-state index in [1.54, 1.807) is 0 Å². The topological polar surface area (TPSA) is 23.5 Å². The third-order valence-electron chi connectivity index (χ3n) is 1.50. The molecule has 0 aromatic carbocycles. The minimum Gasteiger partial charge on any atom is -0.314 e. The maximum Gasteiger partial charge on any atom is 0.0238 e. The molecule has 0 aliphatic heterocycles. The lowest BCUT2D eigenvalue weighted by Crippen LogP contribution is -2.20. The van der Waals surface area contributed by atoms with Gasteiger partial charge in [-0.15, -0.1) is 0 Å². The molecule has 0 saturated carbocycles. The molecule has 0 radical (unpaired) electrons. The molecule has 0 aliphatic carbocycles. The van der Waals surface area contributed by atoms with Crippen molar-refractivity contribution in [3.05, 3.63) is 0 Å². The largest absolute Gasteiger partial charge is 0.314 e. The maximum absolute atomic E-state index is 9.11. The zero-order valence-electron chi connectivity index (χ0n) is 7.14. The summed E-state index contributed by atoms with van der Waals surface area (Å²) in [5.74, 6) is 0. The number of nitrogens with zero attached hydrogens (tertiary/aromatic N) is 1. The lowest BCUT2D eigenvalue weighted by molar-refractivity contribution is -0.0912. The Bertz CT molecular complexity index is 66.3. The van der Waals surface area contributed by atoms with Crippen molar-refractivity contribution in [3.63, 3.8) is 0 Å². The van der Waals surface area contributed by atoms with Gasteiger partial charge in [-0.25, -0.2) is 0 Å². The Balaban J connectivity index is 2.97. The van der Waals surface area contributed by atoms with Crippen molar-refractivity contribution in [1.29, 1.82) is 0 Å². The Labute approximate surface area is 63.8 Å². The molecule has 0 atom stereocenters. The van der Waals surface area contributed by atoms with E-state index in [0.29, 0.717) is 0 Å². The maximum atomic E-state index is 9.11. The van der Waals surface area contributed by atoms with Gasteiger partial charge in [0.25, 0.3) is 0 Å². The zero-order chi connectivity index (χ0) is 7.82. The Hall–Kier alpha value is -0.0800. The molecule has 2 nitrogen and oxygen atoms in total. The highest BCUT2D eigenvalue weighted by molar-refractivity contribution is 4.44. The fourth-order valence-corrected chi connectivity index (χ4v) is 0.914. The third-order valence-corrected chi connectivity index (χ3v) is 1.50.